The van der Waals surface area contributed by atoms with E-state index >= 15 is 0 Å². The minimum Gasteiger partial charge on any atom is -0.323 e. The van der Waals surface area contributed by atoms with Gasteiger partial charge in [0.05, 0.1) is 22.3 Å². The van der Waals surface area contributed by atoms with Crippen molar-refractivity contribution in [2.24, 2.45) is 0 Å². The third kappa shape index (κ3) is 5.04. The van der Waals surface area contributed by atoms with Crippen LogP contribution < -0.4 is 4.90 Å². The molecule has 1 aliphatic heterocycles. The number of hydrogen-bond acceptors (Lipinski definition) is 5. The van der Waals surface area contributed by atoms with Crippen LogP contribution in [0.1, 0.15) is 60.9 Å². The fourth-order valence-electron chi connectivity index (χ4n) is 5.85. The number of imide groups is 1. The van der Waals surface area contributed by atoms with Gasteiger partial charge in [-0.1, -0.05) is 31.7 Å². The number of aryl methyl sites for hydroxylation is 1. The first-order valence-electron chi connectivity index (χ1n) is 13.8. The first-order valence-corrected chi connectivity index (χ1v) is 14.6. The second-order valence-electron chi connectivity index (χ2n) is 10.7. The summed E-state index contributed by atoms with van der Waals surface area (Å²) in [5, 5.41) is 0.869. The van der Waals surface area contributed by atoms with Gasteiger partial charge in [-0.2, -0.15) is 0 Å². The van der Waals surface area contributed by atoms with E-state index in [2.05, 4.69) is 13.0 Å². The van der Waals surface area contributed by atoms with Gasteiger partial charge < -0.3 is 4.90 Å². The lowest BCUT2D eigenvalue weighted by Gasteiger charge is -2.35. The van der Waals surface area contributed by atoms with Crippen molar-refractivity contribution in [3.8, 4) is 10.6 Å². The number of benzene rings is 3. The summed E-state index contributed by atoms with van der Waals surface area (Å²) in [6, 6.07) is 17.8. The van der Waals surface area contributed by atoms with Gasteiger partial charge in [-0.15, -0.1) is 11.3 Å². The molecule has 8 heteroatoms. The van der Waals surface area contributed by atoms with Crippen LogP contribution in [0.15, 0.2) is 66.7 Å². The van der Waals surface area contributed by atoms with Crippen LogP contribution in [-0.4, -0.2) is 39.7 Å². The van der Waals surface area contributed by atoms with E-state index in [1.807, 2.05) is 24.3 Å². The first-order chi connectivity index (χ1) is 19.4. The normalized spacial score (nSPS) is 18.4. The van der Waals surface area contributed by atoms with E-state index in [0.717, 1.165) is 59.3 Å². The Morgan fingerprint density at radius 3 is 2.35 bits per heavy atom. The zero-order chi connectivity index (χ0) is 27.8. The lowest BCUT2D eigenvalue weighted by Crippen LogP contribution is -2.50. The summed E-state index contributed by atoms with van der Waals surface area (Å²) in [6.45, 7) is 2.05. The van der Waals surface area contributed by atoms with Crippen LogP contribution in [0.25, 0.3) is 20.8 Å². The average Bonchev–Trinajstić information content (AvgIpc) is 3.37. The molecule has 40 heavy (non-hydrogen) atoms. The number of amides is 3. The Labute approximate surface area is 236 Å². The van der Waals surface area contributed by atoms with Crippen molar-refractivity contribution in [3.63, 3.8) is 0 Å². The zero-order valence-electron chi connectivity index (χ0n) is 22.3. The molecule has 1 aromatic heterocycles. The molecule has 0 N–H and O–H groups in total. The van der Waals surface area contributed by atoms with Gasteiger partial charge in [0.15, 0.2) is 0 Å². The highest BCUT2D eigenvalue weighted by Gasteiger charge is 2.46. The van der Waals surface area contributed by atoms with Crippen molar-refractivity contribution >= 4 is 45.0 Å². The Morgan fingerprint density at radius 1 is 0.950 bits per heavy atom. The molecule has 0 spiro atoms. The van der Waals surface area contributed by atoms with Crippen molar-refractivity contribution in [2.75, 3.05) is 4.90 Å². The number of rotatable bonds is 5. The van der Waals surface area contributed by atoms with Gasteiger partial charge in [-0.3, -0.25) is 14.4 Å². The molecule has 1 saturated heterocycles. The Morgan fingerprint density at radius 2 is 1.65 bits per heavy atom. The van der Waals surface area contributed by atoms with Gasteiger partial charge in [-0.05, 0) is 86.0 Å². The molecule has 204 valence electrons. The molecule has 1 unspecified atom stereocenters. The van der Waals surface area contributed by atoms with Gasteiger partial charge in [0.25, 0.3) is 11.8 Å². The van der Waals surface area contributed by atoms with Crippen molar-refractivity contribution < 1.29 is 18.8 Å². The number of fused-ring (bicyclic) bond motifs is 1. The molecule has 2 heterocycles. The van der Waals surface area contributed by atoms with Gasteiger partial charge in [0, 0.05) is 17.2 Å². The van der Waals surface area contributed by atoms with Crippen LogP contribution in [0.3, 0.4) is 0 Å². The second kappa shape index (κ2) is 10.9. The summed E-state index contributed by atoms with van der Waals surface area (Å²) in [6.07, 6.45) is 5.58. The van der Waals surface area contributed by atoms with Crippen LogP contribution in [0.4, 0.5) is 10.1 Å². The number of carbonyl (C=O) groups is 3. The maximum Gasteiger partial charge on any atom is 0.257 e. The topological polar surface area (TPSA) is 70.6 Å². The van der Waals surface area contributed by atoms with Crippen LogP contribution in [0, 0.1) is 12.7 Å². The first kappa shape index (κ1) is 26.3. The number of aromatic nitrogens is 1. The van der Waals surface area contributed by atoms with E-state index in [9.17, 15) is 18.8 Å². The van der Waals surface area contributed by atoms with E-state index in [1.54, 1.807) is 28.4 Å². The van der Waals surface area contributed by atoms with Gasteiger partial charge >= 0.3 is 0 Å². The minimum atomic E-state index is -0.889. The van der Waals surface area contributed by atoms with Crippen molar-refractivity contribution in [1.29, 1.82) is 0 Å². The van der Waals surface area contributed by atoms with Crippen molar-refractivity contribution in [1.82, 2.24) is 9.88 Å². The fraction of sp³-hybridized carbons (Fsp3) is 0.312. The standard InChI is InChI=1S/C32H30FN3O3S/c1-20-8-17-26-28(18-20)40-30(34-26)21-11-15-25(16-12-21)36-29(37)19-27(32(36)39)35(24-6-4-2-3-5-7-24)31(38)22-9-13-23(33)14-10-22/h8-18,24,27H,2-7,19H2,1H3. The number of halogens is 1. The molecule has 6 rings (SSSR count). The molecule has 0 bridgehead atoms. The smallest absolute Gasteiger partial charge is 0.257 e. The third-order valence-corrected chi connectivity index (χ3v) is 8.99. The summed E-state index contributed by atoms with van der Waals surface area (Å²) >= 11 is 1.60. The molecular weight excluding hydrogens is 525 g/mol. The quantitative estimate of drug-likeness (QED) is 0.198. The van der Waals surface area contributed by atoms with Crippen molar-refractivity contribution in [3.05, 3.63) is 83.7 Å². The molecule has 0 radical (unpaired) electrons. The van der Waals surface area contributed by atoms with Gasteiger partial charge in [0.1, 0.15) is 16.9 Å². The number of carbonyl (C=O) groups excluding carboxylic acids is 3. The predicted molar refractivity (Wildman–Crippen MR) is 155 cm³/mol. The number of thiazole rings is 1. The Bertz CT molecular complexity index is 1570. The highest BCUT2D eigenvalue weighted by Crippen LogP contribution is 2.35. The summed E-state index contributed by atoms with van der Waals surface area (Å²) in [5.74, 6) is -1.49. The van der Waals surface area contributed by atoms with E-state index in [0.29, 0.717) is 11.3 Å². The summed E-state index contributed by atoms with van der Waals surface area (Å²) in [5.41, 5.74) is 3.82. The number of hydrogen-bond donors (Lipinski definition) is 0. The molecule has 6 nitrogen and oxygen atoms in total. The molecule has 3 amide bonds. The summed E-state index contributed by atoms with van der Waals surface area (Å²) in [7, 11) is 0. The zero-order valence-corrected chi connectivity index (χ0v) is 23.1. The monoisotopic (exact) mass is 555 g/mol. The molecule has 2 aliphatic rings. The molecule has 3 aromatic carbocycles. The Balaban J connectivity index is 1.28. The molecule has 1 saturated carbocycles. The lowest BCUT2D eigenvalue weighted by molar-refractivity contribution is -0.123. The lowest BCUT2D eigenvalue weighted by atomic mass is 10.0. The second-order valence-corrected chi connectivity index (χ2v) is 11.7. The van der Waals surface area contributed by atoms with Crippen LogP contribution in [-0.2, 0) is 9.59 Å². The highest BCUT2D eigenvalue weighted by molar-refractivity contribution is 7.21. The summed E-state index contributed by atoms with van der Waals surface area (Å²) < 4.78 is 14.7. The minimum absolute atomic E-state index is 0.0682. The number of nitrogens with zero attached hydrogens (tertiary/aromatic N) is 3. The van der Waals surface area contributed by atoms with E-state index in [1.165, 1.54) is 34.7 Å². The molecule has 2 fully saturated rings. The third-order valence-electron chi connectivity index (χ3n) is 7.92. The van der Waals surface area contributed by atoms with E-state index < -0.39 is 17.8 Å². The Hall–Kier alpha value is -3.91. The largest absolute Gasteiger partial charge is 0.323 e. The van der Waals surface area contributed by atoms with Crippen LogP contribution in [0.5, 0.6) is 0 Å². The fourth-order valence-corrected chi connectivity index (χ4v) is 6.92. The molecule has 1 atom stereocenters. The van der Waals surface area contributed by atoms with Crippen molar-refractivity contribution in [2.45, 2.75) is 64.0 Å². The molecule has 1 aliphatic carbocycles. The van der Waals surface area contributed by atoms with Crippen LogP contribution >= 0.6 is 11.3 Å². The van der Waals surface area contributed by atoms with Gasteiger partial charge in [0.2, 0.25) is 5.91 Å². The maximum absolute atomic E-state index is 13.8. The van der Waals surface area contributed by atoms with E-state index in [-0.39, 0.29) is 24.3 Å². The highest BCUT2D eigenvalue weighted by atomic mass is 32.1. The Kier molecular flexibility index (Phi) is 7.19. The SMILES string of the molecule is Cc1ccc2nc(-c3ccc(N4C(=O)CC(N(C(=O)c5ccc(F)cc5)C5CCCCCC5)C4=O)cc3)sc2c1. The van der Waals surface area contributed by atoms with E-state index in [4.69, 9.17) is 4.98 Å². The molecular formula is C32H30FN3O3S. The van der Waals surface area contributed by atoms with Crippen LogP contribution in [0.2, 0.25) is 0 Å². The predicted octanol–water partition coefficient (Wildman–Crippen LogP) is 6.91. The number of anilines is 1. The average molecular weight is 556 g/mol. The van der Waals surface area contributed by atoms with Gasteiger partial charge in [-0.25, -0.2) is 14.3 Å². The molecule has 4 aromatic rings. The maximum atomic E-state index is 13.8. The summed E-state index contributed by atoms with van der Waals surface area (Å²) in [4.78, 5) is 48.4.